The lowest BCUT2D eigenvalue weighted by atomic mass is 9.85. The number of benzene rings is 1. The van der Waals surface area contributed by atoms with Gasteiger partial charge in [-0.1, -0.05) is 65.0 Å². The number of aliphatic hydroxyl groups is 1. The summed E-state index contributed by atoms with van der Waals surface area (Å²) in [6.07, 6.45) is 1.98. The van der Waals surface area contributed by atoms with E-state index in [2.05, 4.69) is 34.7 Å². The number of amides is 2. The van der Waals surface area contributed by atoms with E-state index in [4.69, 9.17) is 0 Å². The molecule has 1 aromatic carbocycles. The number of rotatable bonds is 12. The first-order chi connectivity index (χ1) is 15.6. The molecule has 186 valence electrons. The predicted octanol–water partition coefficient (Wildman–Crippen LogP) is 1.95. The summed E-state index contributed by atoms with van der Waals surface area (Å²) in [7, 11) is 0. The van der Waals surface area contributed by atoms with Gasteiger partial charge in [0.15, 0.2) is 0 Å². The predicted molar refractivity (Wildman–Crippen MR) is 133 cm³/mol. The monoisotopic (exact) mass is 460 g/mol. The molecule has 3 atom stereocenters. The zero-order chi connectivity index (χ0) is 24.4. The van der Waals surface area contributed by atoms with Crippen molar-refractivity contribution in [3.63, 3.8) is 0 Å². The maximum atomic E-state index is 13.4. The van der Waals surface area contributed by atoms with Crippen LogP contribution >= 0.6 is 0 Å². The summed E-state index contributed by atoms with van der Waals surface area (Å²) in [5, 5.41) is 20.2. The van der Waals surface area contributed by atoms with E-state index >= 15 is 0 Å². The van der Waals surface area contributed by atoms with E-state index in [-0.39, 0.29) is 11.8 Å². The quantitative estimate of drug-likeness (QED) is 0.383. The molecular weight excluding hydrogens is 416 g/mol. The first kappa shape index (κ1) is 27.3. The molecule has 1 aromatic rings. The van der Waals surface area contributed by atoms with Gasteiger partial charge in [-0.2, -0.15) is 0 Å². The number of carbonyl (C=O) groups excluding carboxylic acids is 2. The molecule has 7 nitrogen and oxygen atoms in total. The molecule has 2 amide bonds. The van der Waals surface area contributed by atoms with Crippen LogP contribution in [-0.4, -0.2) is 72.7 Å². The molecule has 1 saturated heterocycles. The van der Waals surface area contributed by atoms with E-state index < -0.39 is 23.6 Å². The maximum Gasteiger partial charge on any atom is 0.243 e. The van der Waals surface area contributed by atoms with Crippen molar-refractivity contribution in [3.8, 4) is 0 Å². The lowest BCUT2D eigenvalue weighted by molar-refractivity contribution is -0.133. The van der Waals surface area contributed by atoms with Gasteiger partial charge >= 0.3 is 0 Å². The first-order valence-electron chi connectivity index (χ1n) is 12.3. The van der Waals surface area contributed by atoms with E-state index in [0.29, 0.717) is 25.4 Å². The summed E-state index contributed by atoms with van der Waals surface area (Å²) in [4.78, 5) is 28.2. The second-order valence-corrected chi connectivity index (χ2v) is 10.8. The summed E-state index contributed by atoms with van der Waals surface area (Å²) >= 11 is 0. The Morgan fingerprint density at radius 1 is 1.03 bits per heavy atom. The molecule has 0 aliphatic carbocycles. The lowest BCUT2D eigenvalue weighted by Crippen LogP contribution is -2.59. The highest BCUT2D eigenvalue weighted by Gasteiger charge is 2.35. The molecule has 0 bridgehead atoms. The molecule has 1 fully saturated rings. The molecule has 1 aliphatic heterocycles. The number of hydrogen-bond donors (Lipinski definition) is 4. The molecule has 4 N–H and O–H groups in total. The molecule has 1 aliphatic rings. The molecule has 2 rings (SSSR count). The number of carbonyl (C=O) groups is 2. The molecule has 1 heterocycles. The summed E-state index contributed by atoms with van der Waals surface area (Å²) in [6, 6.07) is 8.67. The van der Waals surface area contributed by atoms with Crippen LogP contribution in [0.1, 0.15) is 53.0 Å². The van der Waals surface area contributed by atoms with Crippen LogP contribution in [0.15, 0.2) is 30.3 Å². The zero-order valence-electron chi connectivity index (χ0n) is 21.1. The van der Waals surface area contributed by atoms with E-state index in [9.17, 15) is 14.7 Å². The topological polar surface area (TPSA) is 93.7 Å². The van der Waals surface area contributed by atoms with Crippen molar-refractivity contribution in [1.29, 1.82) is 0 Å². The average Bonchev–Trinajstić information content (AvgIpc) is 3.24. The highest BCUT2D eigenvalue weighted by atomic mass is 16.3. The summed E-state index contributed by atoms with van der Waals surface area (Å²) in [5.41, 5.74) is 0.569. The fraction of sp³-hybridized carbons (Fsp3) is 0.692. The van der Waals surface area contributed by atoms with Crippen molar-refractivity contribution >= 4 is 11.8 Å². The van der Waals surface area contributed by atoms with Crippen molar-refractivity contribution in [2.45, 2.75) is 72.1 Å². The van der Waals surface area contributed by atoms with E-state index in [1.165, 1.54) is 0 Å². The van der Waals surface area contributed by atoms with E-state index in [1.807, 2.05) is 51.1 Å². The molecule has 0 radical (unpaired) electrons. The molecule has 0 saturated carbocycles. The van der Waals surface area contributed by atoms with Crippen LogP contribution in [0.4, 0.5) is 0 Å². The van der Waals surface area contributed by atoms with Gasteiger partial charge in [-0.25, -0.2) is 0 Å². The third-order valence-electron chi connectivity index (χ3n) is 6.00. The third-order valence-corrected chi connectivity index (χ3v) is 6.00. The van der Waals surface area contributed by atoms with Crippen molar-refractivity contribution in [2.75, 3.05) is 32.7 Å². The van der Waals surface area contributed by atoms with E-state index in [1.54, 1.807) is 0 Å². The third kappa shape index (κ3) is 9.82. The normalized spacial score (nSPS) is 17.5. The smallest absolute Gasteiger partial charge is 0.243 e. The average molecular weight is 461 g/mol. The van der Waals surface area contributed by atoms with Crippen molar-refractivity contribution in [2.24, 2.45) is 11.3 Å². The van der Waals surface area contributed by atoms with Crippen molar-refractivity contribution < 1.29 is 14.7 Å². The second-order valence-electron chi connectivity index (χ2n) is 10.8. The van der Waals surface area contributed by atoms with Crippen LogP contribution in [0, 0.1) is 11.3 Å². The van der Waals surface area contributed by atoms with Gasteiger partial charge in [-0.05, 0) is 55.8 Å². The summed E-state index contributed by atoms with van der Waals surface area (Å²) in [5.74, 6) is 0.0716. The highest BCUT2D eigenvalue weighted by Crippen LogP contribution is 2.20. The van der Waals surface area contributed by atoms with Crippen LogP contribution in [0.5, 0.6) is 0 Å². The molecular formula is C26H44N4O3. The van der Waals surface area contributed by atoms with Gasteiger partial charge in [0, 0.05) is 6.54 Å². The molecule has 33 heavy (non-hydrogen) atoms. The number of nitrogens with one attached hydrogen (secondary N) is 3. The SMILES string of the molecule is CC(C)CNCC(O)C(Cc1ccccc1)NC(=O)C(NC(=O)CN1CCCC1)C(C)(C)C. The molecule has 7 heteroatoms. The number of aliphatic hydroxyl groups excluding tert-OH is 1. The van der Waals surface area contributed by atoms with Crippen molar-refractivity contribution in [3.05, 3.63) is 35.9 Å². The zero-order valence-corrected chi connectivity index (χ0v) is 21.1. The minimum Gasteiger partial charge on any atom is -0.390 e. The van der Waals surface area contributed by atoms with Gasteiger partial charge < -0.3 is 21.1 Å². The number of nitrogens with zero attached hydrogens (tertiary/aromatic N) is 1. The molecule has 0 aromatic heterocycles. The minimum absolute atomic E-state index is 0.134. The fourth-order valence-electron chi connectivity index (χ4n) is 4.11. The lowest BCUT2D eigenvalue weighted by Gasteiger charge is -2.33. The molecule has 0 spiro atoms. The Morgan fingerprint density at radius 3 is 2.24 bits per heavy atom. The second kappa shape index (κ2) is 13.1. The van der Waals surface area contributed by atoms with Gasteiger partial charge in [-0.15, -0.1) is 0 Å². The van der Waals surface area contributed by atoms with Gasteiger partial charge in [0.1, 0.15) is 6.04 Å². The van der Waals surface area contributed by atoms with Crippen LogP contribution in [0.3, 0.4) is 0 Å². The van der Waals surface area contributed by atoms with Gasteiger partial charge in [0.25, 0.3) is 0 Å². The number of likely N-dealkylation sites (tertiary alicyclic amines) is 1. The first-order valence-corrected chi connectivity index (χ1v) is 12.3. The Balaban J connectivity index is 2.08. The Morgan fingerprint density at radius 2 is 1.67 bits per heavy atom. The van der Waals surface area contributed by atoms with Crippen LogP contribution in [0.2, 0.25) is 0 Å². The largest absolute Gasteiger partial charge is 0.390 e. The fourth-order valence-corrected chi connectivity index (χ4v) is 4.11. The Hall–Kier alpha value is -1.96. The standard InChI is InChI=1S/C26H44N4O3/c1-19(2)16-27-17-22(31)21(15-20-11-7-6-8-12-20)28-25(33)24(26(3,4)5)29-23(32)18-30-13-9-10-14-30/h6-8,11-12,19,21-22,24,27,31H,9-10,13-18H2,1-5H3,(H,28,33)(H,29,32). The Bertz CT molecular complexity index is 727. The van der Waals surface area contributed by atoms with Crippen LogP contribution in [0.25, 0.3) is 0 Å². The van der Waals surface area contributed by atoms with Crippen LogP contribution in [-0.2, 0) is 16.0 Å². The van der Waals surface area contributed by atoms with Crippen LogP contribution < -0.4 is 16.0 Å². The summed E-state index contributed by atoms with van der Waals surface area (Å²) in [6.45, 7) is 13.4. The van der Waals surface area contributed by atoms with E-state index in [0.717, 1.165) is 38.0 Å². The Labute approximate surface area is 199 Å². The molecule has 3 unspecified atom stereocenters. The minimum atomic E-state index is -0.756. The maximum absolute atomic E-state index is 13.4. The summed E-state index contributed by atoms with van der Waals surface area (Å²) < 4.78 is 0. The number of hydrogen-bond acceptors (Lipinski definition) is 5. The Kier molecular flexibility index (Phi) is 10.8. The van der Waals surface area contributed by atoms with Gasteiger partial charge in [0.2, 0.25) is 11.8 Å². The van der Waals surface area contributed by atoms with Crippen molar-refractivity contribution in [1.82, 2.24) is 20.9 Å². The van der Waals surface area contributed by atoms with Gasteiger partial charge in [0.05, 0.1) is 18.7 Å². The van der Waals surface area contributed by atoms with Gasteiger partial charge in [-0.3, -0.25) is 14.5 Å². The highest BCUT2D eigenvalue weighted by molar-refractivity contribution is 5.89.